The standard InChI is InChI=1S/C26H32N6O3/c1-19(2)31-16-21(24-22(17-31)26(35)32(27-24)20-8-4-3-5-9-20)25(34)30-14-12-28(13-15-30)18-23(33)29-10-6-7-11-29/h3-5,8-9,16-17,19H,6-7,10-15,18H2,1-2H3. The lowest BCUT2D eigenvalue weighted by Gasteiger charge is -2.35. The molecule has 4 aliphatic heterocycles. The van der Waals surface area contributed by atoms with Crippen molar-refractivity contribution in [2.45, 2.75) is 32.7 Å². The molecular formula is C26H32N6O3. The Morgan fingerprint density at radius 1 is 0.914 bits per heavy atom. The van der Waals surface area contributed by atoms with Gasteiger partial charge in [-0.1, -0.05) is 18.2 Å². The highest BCUT2D eigenvalue weighted by Crippen LogP contribution is 2.25. The van der Waals surface area contributed by atoms with E-state index in [4.69, 9.17) is 0 Å². The summed E-state index contributed by atoms with van der Waals surface area (Å²) >= 11 is 0. The van der Waals surface area contributed by atoms with Crippen LogP contribution in [0.2, 0.25) is 0 Å². The first-order valence-electron chi connectivity index (χ1n) is 12.4. The second-order valence-corrected chi connectivity index (χ2v) is 9.68. The Morgan fingerprint density at radius 3 is 2.26 bits per heavy atom. The van der Waals surface area contributed by atoms with E-state index in [-0.39, 0.29) is 23.4 Å². The first-order valence-corrected chi connectivity index (χ1v) is 12.4. The summed E-state index contributed by atoms with van der Waals surface area (Å²) in [6, 6.07) is 9.34. The number of carbonyl (C=O) groups excluding carboxylic acids is 2. The van der Waals surface area contributed by atoms with Gasteiger partial charge in [-0.05, 0) is 38.8 Å². The summed E-state index contributed by atoms with van der Waals surface area (Å²) in [5, 5.41) is 4.58. The number of hydrogen-bond acceptors (Lipinski definition) is 5. The van der Waals surface area contributed by atoms with Crippen LogP contribution in [0.25, 0.3) is 16.9 Å². The zero-order chi connectivity index (χ0) is 24.5. The minimum Gasteiger partial charge on any atom is -0.350 e. The van der Waals surface area contributed by atoms with Gasteiger partial charge in [0.05, 0.1) is 23.4 Å². The fourth-order valence-electron chi connectivity index (χ4n) is 4.86. The number of amides is 2. The molecule has 0 spiro atoms. The third-order valence-electron chi connectivity index (χ3n) is 6.99. The van der Waals surface area contributed by atoms with Crippen LogP contribution in [0.15, 0.2) is 47.5 Å². The Labute approximate surface area is 204 Å². The van der Waals surface area contributed by atoms with E-state index in [0.29, 0.717) is 55.2 Å². The molecule has 0 aromatic heterocycles. The summed E-state index contributed by atoms with van der Waals surface area (Å²) < 4.78 is 3.27. The van der Waals surface area contributed by atoms with E-state index < -0.39 is 0 Å². The molecule has 5 rings (SSSR count). The number of para-hydroxylation sites is 1. The highest BCUT2D eigenvalue weighted by molar-refractivity contribution is 6.00. The van der Waals surface area contributed by atoms with Crippen molar-refractivity contribution in [3.8, 4) is 16.9 Å². The van der Waals surface area contributed by atoms with Gasteiger partial charge in [-0.15, -0.1) is 0 Å². The summed E-state index contributed by atoms with van der Waals surface area (Å²) in [4.78, 5) is 45.3. The molecule has 2 fully saturated rings. The van der Waals surface area contributed by atoms with Crippen molar-refractivity contribution in [1.82, 2.24) is 29.0 Å². The van der Waals surface area contributed by atoms with E-state index in [2.05, 4.69) is 10.00 Å². The molecule has 0 atom stereocenters. The van der Waals surface area contributed by atoms with Crippen LogP contribution in [0.3, 0.4) is 0 Å². The number of pyridine rings is 1. The Bertz CT molecular complexity index is 1230. The molecule has 2 amide bonds. The summed E-state index contributed by atoms with van der Waals surface area (Å²) in [6.45, 7) is 8.52. The van der Waals surface area contributed by atoms with Gasteiger partial charge < -0.3 is 14.4 Å². The van der Waals surface area contributed by atoms with Gasteiger partial charge in [-0.2, -0.15) is 9.78 Å². The molecular weight excluding hydrogens is 444 g/mol. The minimum absolute atomic E-state index is 0.0823. The molecule has 184 valence electrons. The van der Waals surface area contributed by atoms with Crippen LogP contribution in [0.1, 0.15) is 43.1 Å². The average Bonchev–Trinajstić information content (AvgIpc) is 3.53. The second-order valence-electron chi connectivity index (χ2n) is 9.68. The topological polar surface area (TPSA) is 83.7 Å². The maximum Gasteiger partial charge on any atom is 0.282 e. The normalized spacial score (nSPS) is 17.0. The van der Waals surface area contributed by atoms with E-state index in [1.165, 1.54) is 4.68 Å². The number of rotatable bonds is 5. The number of hydrogen-bond donors (Lipinski definition) is 0. The molecule has 2 saturated heterocycles. The number of piperazine rings is 1. The molecule has 4 heterocycles. The summed E-state index contributed by atoms with van der Waals surface area (Å²) in [7, 11) is 0. The van der Waals surface area contributed by atoms with Crippen molar-refractivity contribution in [1.29, 1.82) is 0 Å². The van der Waals surface area contributed by atoms with E-state index >= 15 is 0 Å². The van der Waals surface area contributed by atoms with Crippen molar-refractivity contribution in [3.63, 3.8) is 0 Å². The molecule has 0 unspecified atom stereocenters. The lowest BCUT2D eigenvalue weighted by molar-refractivity contribution is -0.131. The Hall–Kier alpha value is -3.46. The number of aromatic nitrogens is 3. The predicted octanol–water partition coefficient (Wildman–Crippen LogP) is 2.10. The van der Waals surface area contributed by atoms with Crippen LogP contribution in [-0.4, -0.2) is 86.7 Å². The van der Waals surface area contributed by atoms with Crippen LogP contribution in [0.4, 0.5) is 0 Å². The molecule has 9 nitrogen and oxygen atoms in total. The maximum absolute atomic E-state index is 13.7. The van der Waals surface area contributed by atoms with Gasteiger partial charge in [0, 0.05) is 57.7 Å². The second kappa shape index (κ2) is 9.65. The third-order valence-corrected chi connectivity index (χ3v) is 6.99. The van der Waals surface area contributed by atoms with Gasteiger partial charge in [-0.25, -0.2) is 0 Å². The zero-order valence-corrected chi connectivity index (χ0v) is 20.4. The molecule has 1 aromatic carbocycles. The van der Waals surface area contributed by atoms with Gasteiger partial charge >= 0.3 is 0 Å². The monoisotopic (exact) mass is 476 g/mol. The summed E-state index contributed by atoms with van der Waals surface area (Å²) in [6.07, 6.45) is 5.76. The van der Waals surface area contributed by atoms with Gasteiger partial charge in [-0.3, -0.25) is 19.3 Å². The molecule has 0 N–H and O–H groups in total. The Kier molecular flexibility index (Phi) is 6.42. The van der Waals surface area contributed by atoms with E-state index in [9.17, 15) is 14.4 Å². The summed E-state index contributed by atoms with van der Waals surface area (Å²) in [5.74, 6) is 0.0488. The molecule has 9 heteroatoms. The number of carbonyl (C=O) groups is 2. The Balaban J connectivity index is 1.38. The van der Waals surface area contributed by atoms with Crippen LogP contribution in [-0.2, 0) is 4.79 Å². The molecule has 35 heavy (non-hydrogen) atoms. The van der Waals surface area contributed by atoms with Gasteiger partial charge in [0.25, 0.3) is 11.5 Å². The van der Waals surface area contributed by atoms with Crippen LogP contribution in [0, 0.1) is 0 Å². The van der Waals surface area contributed by atoms with Crippen LogP contribution in [0.5, 0.6) is 0 Å². The maximum atomic E-state index is 13.7. The summed E-state index contributed by atoms with van der Waals surface area (Å²) in [5.41, 5.74) is 1.72. The van der Waals surface area contributed by atoms with Gasteiger partial charge in [0.15, 0.2) is 0 Å². The minimum atomic E-state index is -0.236. The highest BCUT2D eigenvalue weighted by Gasteiger charge is 2.30. The zero-order valence-electron chi connectivity index (χ0n) is 20.4. The van der Waals surface area contributed by atoms with Crippen LogP contribution >= 0.6 is 0 Å². The van der Waals surface area contributed by atoms with Crippen molar-refractivity contribution in [3.05, 3.63) is 58.6 Å². The number of benzene rings is 1. The first kappa shape index (κ1) is 23.3. The smallest absolute Gasteiger partial charge is 0.282 e. The average molecular weight is 477 g/mol. The fourth-order valence-corrected chi connectivity index (χ4v) is 4.86. The predicted molar refractivity (Wildman–Crippen MR) is 133 cm³/mol. The molecule has 0 radical (unpaired) electrons. The van der Waals surface area contributed by atoms with E-state index in [1.54, 1.807) is 12.4 Å². The van der Waals surface area contributed by atoms with Crippen molar-refractivity contribution >= 4 is 11.8 Å². The number of likely N-dealkylation sites (tertiary alicyclic amines) is 1. The van der Waals surface area contributed by atoms with Crippen molar-refractivity contribution in [2.24, 2.45) is 0 Å². The van der Waals surface area contributed by atoms with Crippen molar-refractivity contribution in [2.75, 3.05) is 45.8 Å². The first-order chi connectivity index (χ1) is 16.9. The van der Waals surface area contributed by atoms with Crippen LogP contribution < -0.4 is 5.56 Å². The quantitative estimate of drug-likeness (QED) is 0.563. The number of fused-ring (bicyclic) bond motifs is 1. The fraction of sp³-hybridized carbons (Fsp3) is 0.462. The van der Waals surface area contributed by atoms with E-state index in [1.807, 2.05) is 58.5 Å². The Morgan fingerprint density at radius 2 is 1.60 bits per heavy atom. The molecule has 0 bridgehead atoms. The molecule has 1 aromatic rings. The molecule has 0 aliphatic carbocycles. The SMILES string of the molecule is CC(C)n1cc(C(=O)N2CCN(CC(=O)N3CCCC3)CC2)c2nn(-c3ccccc3)c(=O)c-2c1. The lowest BCUT2D eigenvalue weighted by Crippen LogP contribution is -2.51. The lowest BCUT2D eigenvalue weighted by atomic mass is 10.1. The molecule has 4 aliphatic rings. The van der Waals surface area contributed by atoms with Gasteiger partial charge in [0.1, 0.15) is 5.69 Å². The molecule has 0 saturated carbocycles. The highest BCUT2D eigenvalue weighted by atomic mass is 16.2. The van der Waals surface area contributed by atoms with Gasteiger partial charge in [0.2, 0.25) is 5.91 Å². The van der Waals surface area contributed by atoms with Crippen molar-refractivity contribution < 1.29 is 9.59 Å². The number of nitrogens with zero attached hydrogens (tertiary/aromatic N) is 6. The third kappa shape index (κ3) is 4.60. The largest absolute Gasteiger partial charge is 0.350 e. The van der Waals surface area contributed by atoms with E-state index in [0.717, 1.165) is 25.9 Å².